The molecule has 0 radical (unpaired) electrons. The third kappa shape index (κ3) is 3.91. The van der Waals surface area contributed by atoms with Crippen molar-refractivity contribution >= 4 is 23.8 Å². The Morgan fingerprint density at radius 2 is 1.89 bits per heavy atom. The minimum atomic E-state index is -0.504. The molecular formula is C24H32N8O3. The van der Waals surface area contributed by atoms with Gasteiger partial charge in [-0.1, -0.05) is 0 Å². The third-order valence-electron chi connectivity index (χ3n) is 7.33. The molecule has 2 bridgehead atoms. The second kappa shape index (κ2) is 8.18. The number of fused-ring (bicyclic) bond motifs is 2. The molecule has 2 N–H and O–H groups in total. The summed E-state index contributed by atoms with van der Waals surface area (Å²) in [6.07, 6.45) is 5.09. The first-order chi connectivity index (χ1) is 16.8. The first-order valence-electron chi connectivity index (χ1n) is 12.4. The summed E-state index contributed by atoms with van der Waals surface area (Å²) in [5, 5.41) is 0. The highest BCUT2D eigenvalue weighted by Crippen LogP contribution is 2.48. The van der Waals surface area contributed by atoms with Crippen LogP contribution in [-0.2, 0) is 15.9 Å². The zero-order valence-corrected chi connectivity index (χ0v) is 20.5. The second-order valence-corrected chi connectivity index (χ2v) is 10.7. The van der Waals surface area contributed by atoms with Crippen molar-refractivity contribution in [1.29, 1.82) is 0 Å². The number of hydrogen-bond donors (Lipinski definition) is 1. The molecule has 4 aliphatic heterocycles. The molecule has 186 valence electrons. The highest BCUT2D eigenvalue weighted by Gasteiger charge is 2.58. The monoisotopic (exact) mass is 480 g/mol. The Morgan fingerprint density at radius 1 is 1.14 bits per heavy atom. The SMILES string of the molecule is CC(C)(C)OC(=O)N1C[C@@H]2C[C@H]1[C@H]2N1CCc2c(-c3cnc(N)nc3)nc(N3CCOCC3)nc21. The van der Waals surface area contributed by atoms with Gasteiger partial charge in [-0.25, -0.2) is 19.7 Å². The standard InChI is InChI=1S/C24H32N8O3/c1-24(2,3)35-23(33)32-13-14-10-17(32)19(14)31-5-4-16-18(15-11-26-21(25)27-12-15)28-22(29-20(16)31)30-6-8-34-9-7-30/h11-12,14,17,19H,4-10,13H2,1-3H3,(H2,25,26,27)/t14-,17-,19-/m0/s1. The van der Waals surface area contributed by atoms with Crippen LogP contribution in [0.25, 0.3) is 11.3 Å². The van der Waals surface area contributed by atoms with Gasteiger partial charge in [-0.2, -0.15) is 4.98 Å². The van der Waals surface area contributed by atoms with Crippen molar-refractivity contribution in [3.63, 3.8) is 0 Å². The molecule has 1 saturated carbocycles. The minimum Gasteiger partial charge on any atom is -0.444 e. The number of morpholine rings is 1. The molecule has 0 spiro atoms. The number of nitrogens with two attached hydrogens (primary N) is 1. The van der Waals surface area contributed by atoms with E-state index in [4.69, 9.17) is 25.2 Å². The van der Waals surface area contributed by atoms with Crippen LogP contribution in [0.4, 0.5) is 22.5 Å². The number of hydrogen-bond acceptors (Lipinski definition) is 10. The molecule has 35 heavy (non-hydrogen) atoms. The lowest BCUT2D eigenvalue weighted by Crippen LogP contribution is -2.55. The van der Waals surface area contributed by atoms with Gasteiger partial charge in [-0.3, -0.25) is 0 Å². The van der Waals surface area contributed by atoms with Crippen LogP contribution < -0.4 is 15.5 Å². The fraction of sp³-hybridized carbons (Fsp3) is 0.625. The fourth-order valence-corrected chi connectivity index (χ4v) is 5.74. The van der Waals surface area contributed by atoms with Crippen molar-refractivity contribution in [2.45, 2.75) is 51.3 Å². The molecule has 11 heteroatoms. The summed E-state index contributed by atoms with van der Waals surface area (Å²) >= 11 is 0. The topological polar surface area (TPSA) is 123 Å². The number of carbonyl (C=O) groups excluding carboxylic acids is 1. The summed E-state index contributed by atoms with van der Waals surface area (Å²) in [5.41, 5.74) is 8.03. The van der Waals surface area contributed by atoms with E-state index in [1.807, 2.05) is 25.7 Å². The van der Waals surface area contributed by atoms with E-state index in [0.717, 1.165) is 61.7 Å². The maximum absolute atomic E-state index is 12.8. The summed E-state index contributed by atoms with van der Waals surface area (Å²) in [6, 6.07) is 0.387. The van der Waals surface area contributed by atoms with Crippen LogP contribution in [-0.4, -0.2) is 88.0 Å². The van der Waals surface area contributed by atoms with Gasteiger partial charge in [0, 0.05) is 55.6 Å². The summed E-state index contributed by atoms with van der Waals surface area (Å²) in [4.78, 5) is 37.8. The van der Waals surface area contributed by atoms with E-state index in [0.29, 0.717) is 25.1 Å². The van der Waals surface area contributed by atoms with E-state index in [-0.39, 0.29) is 24.1 Å². The van der Waals surface area contributed by atoms with Gasteiger partial charge >= 0.3 is 6.09 Å². The molecule has 0 unspecified atom stereocenters. The van der Waals surface area contributed by atoms with E-state index in [2.05, 4.69) is 19.8 Å². The van der Waals surface area contributed by atoms with Crippen LogP contribution in [0.3, 0.4) is 0 Å². The molecule has 1 amide bonds. The van der Waals surface area contributed by atoms with Crippen molar-refractivity contribution in [1.82, 2.24) is 24.8 Å². The predicted octanol–water partition coefficient (Wildman–Crippen LogP) is 1.72. The lowest BCUT2D eigenvalue weighted by atomic mass is 9.79. The molecule has 3 saturated heterocycles. The maximum Gasteiger partial charge on any atom is 0.410 e. The van der Waals surface area contributed by atoms with E-state index in [1.54, 1.807) is 12.4 Å². The van der Waals surface area contributed by atoms with Crippen LogP contribution in [0.2, 0.25) is 0 Å². The van der Waals surface area contributed by atoms with Gasteiger partial charge < -0.3 is 29.9 Å². The highest BCUT2D eigenvalue weighted by molar-refractivity contribution is 5.74. The lowest BCUT2D eigenvalue weighted by Gasteiger charge is -2.43. The Labute approximate surface area is 204 Å². The quantitative estimate of drug-likeness (QED) is 0.695. The lowest BCUT2D eigenvalue weighted by molar-refractivity contribution is 0.0232. The van der Waals surface area contributed by atoms with Crippen molar-refractivity contribution in [2.75, 3.05) is 54.9 Å². The van der Waals surface area contributed by atoms with Crippen LogP contribution in [0.1, 0.15) is 32.8 Å². The summed E-state index contributed by atoms with van der Waals surface area (Å²) in [5.74, 6) is 2.31. The highest BCUT2D eigenvalue weighted by atomic mass is 16.6. The van der Waals surface area contributed by atoms with Gasteiger partial charge in [0.25, 0.3) is 0 Å². The van der Waals surface area contributed by atoms with Crippen LogP contribution in [0.5, 0.6) is 0 Å². The Hall–Kier alpha value is -3.21. The van der Waals surface area contributed by atoms with Gasteiger partial charge in [0.1, 0.15) is 11.4 Å². The van der Waals surface area contributed by atoms with Gasteiger partial charge in [0.2, 0.25) is 11.9 Å². The van der Waals surface area contributed by atoms with Crippen molar-refractivity contribution in [3.05, 3.63) is 18.0 Å². The number of rotatable bonds is 3. The number of aromatic nitrogens is 4. The maximum atomic E-state index is 12.8. The number of amides is 1. The van der Waals surface area contributed by atoms with E-state index in [9.17, 15) is 4.79 Å². The third-order valence-corrected chi connectivity index (χ3v) is 7.33. The van der Waals surface area contributed by atoms with Crippen molar-refractivity contribution < 1.29 is 14.3 Å². The van der Waals surface area contributed by atoms with Crippen LogP contribution >= 0.6 is 0 Å². The molecule has 5 aliphatic rings. The zero-order valence-electron chi connectivity index (χ0n) is 20.5. The molecule has 11 nitrogen and oxygen atoms in total. The average molecular weight is 481 g/mol. The van der Waals surface area contributed by atoms with Gasteiger partial charge in [0.05, 0.1) is 31.0 Å². The first kappa shape index (κ1) is 22.3. The molecule has 7 rings (SSSR count). The summed E-state index contributed by atoms with van der Waals surface area (Å²) < 4.78 is 11.2. The Bertz CT molecular complexity index is 1130. The fourth-order valence-electron chi connectivity index (χ4n) is 5.74. The predicted molar refractivity (Wildman–Crippen MR) is 130 cm³/mol. The minimum absolute atomic E-state index is 0.144. The van der Waals surface area contributed by atoms with Gasteiger partial charge in [-0.05, 0) is 33.6 Å². The molecule has 1 aliphatic carbocycles. The molecule has 2 aromatic rings. The Morgan fingerprint density at radius 3 is 2.60 bits per heavy atom. The Kier molecular flexibility index (Phi) is 5.21. The molecule has 0 aromatic carbocycles. The number of nitrogen functional groups attached to an aromatic ring is 1. The number of ether oxygens (including phenoxy) is 2. The molecular weight excluding hydrogens is 448 g/mol. The molecule has 6 heterocycles. The zero-order chi connectivity index (χ0) is 24.3. The number of carbonyl (C=O) groups is 1. The average Bonchev–Trinajstić information content (AvgIpc) is 3.53. The largest absolute Gasteiger partial charge is 0.444 e. The van der Waals surface area contributed by atoms with E-state index < -0.39 is 5.60 Å². The molecule has 4 fully saturated rings. The smallest absolute Gasteiger partial charge is 0.410 e. The van der Waals surface area contributed by atoms with Crippen LogP contribution in [0.15, 0.2) is 12.4 Å². The van der Waals surface area contributed by atoms with Gasteiger partial charge in [0.15, 0.2) is 0 Å². The van der Waals surface area contributed by atoms with Crippen molar-refractivity contribution in [3.8, 4) is 11.3 Å². The first-order valence-corrected chi connectivity index (χ1v) is 12.4. The molecule has 3 atom stereocenters. The molecule has 2 aromatic heterocycles. The Balaban J connectivity index is 1.34. The normalized spacial score (nSPS) is 25.5. The van der Waals surface area contributed by atoms with E-state index in [1.165, 1.54) is 0 Å². The summed E-state index contributed by atoms with van der Waals surface area (Å²) in [6.45, 7) is 10.1. The number of nitrogens with zero attached hydrogens (tertiary/aromatic N) is 7. The van der Waals surface area contributed by atoms with Crippen molar-refractivity contribution in [2.24, 2.45) is 5.92 Å². The second-order valence-electron chi connectivity index (χ2n) is 10.7. The summed E-state index contributed by atoms with van der Waals surface area (Å²) in [7, 11) is 0. The van der Waals surface area contributed by atoms with E-state index >= 15 is 0 Å². The van der Waals surface area contributed by atoms with Gasteiger partial charge in [-0.15, -0.1) is 0 Å². The van der Waals surface area contributed by atoms with Crippen LogP contribution in [0, 0.1) is 5.92 Å². The number of anilines is 3.